The Morgan fingerprint density at radius 2 is 2.10 bits per heavy atom. The highest BCUT2D eigenvalue weighted by Crippen LogP contribution is 2.22. The summed E-state index contributed by atoms with van der Waals surface area (Å²) in [6, 6.07) is 0. The molecule has 1 rings (SSSR count). The second-order valence-electron chi connectivity index (χ2n) is 5.86. The molecule has 0 aromatic carbocycles. The minimum Gasteiger partial charge on any atom is -0.481 e. The molecule has 116 valence electrons. The van der Waals surface area contributed by atoms with Gasteiger partial charge in [-0.2, -0.15) is 0 Å². The van der Waals surface area contributed by atoms with Gasteiger partial charge in [-0.15, -0.1) is 0 Å². The third-order valence-electron chi connectivity index (χ3n) is 4.14. The van der Waals surface area contributed by atoms with E-state index < -0.39 is 5.97 Å². The molecular formula is C15H28N2O3. The summed E-state index contributed by atoms with van der Waals surface area (Å²) in [5.41, 5.74) is 5.60. The number of aliphatic carboxylic acids is 1. The van der Waals surface area contributed by atoms with Crippen LogP contribution in [-0.2, 0) is 9.59 Å². The van der Waals surface area contributed by atoms with Crippen LogP contribution in [0.1, 0.15) is 51.9 Å². The maximum absolute atomic E-state index is 12.1. The van der Waals surface area contributed by atoms with Crippen molar-refractivity contribution in [2.75, 3.05) is 19.6 Å². The summed E-state index contributed by atoms with van der Waals surface area (Å²) in [5.74, 6) is 0.0876. The van der Waals surface area contributed by atoms with Gasteiger partial charge in [0.05, 0.1) is 0 Å². The Balaban J connectivity index is 2.30. The Morgan fingerprint density at radius 3 is 2.70 bits per heavy atom. The van der Waals surface area contributed by atoms with E-state index in [-0.39, 0.29) is 18.2 Å². The van der Waals surface area contributed by atoms with E-state index >= 15 is 0 Å². The Morgan fingerprint density at radius 1 is 1.35 bits per heavy atom. The van der Waals surface area contributed by atoms with Crippen LogP contribution in [0, 0.1) is 11.8 Å². The molecule has 0 radical (unpaired) electrons. The lowest BCUT2D eigenvalue weighted by Crippen LogP contribution is -2.29. The number of rotatable bonds is 9. The quantitative estimate of drug-likeness (QED) is 0.677. The van der Waals surface area contributed by atoms with Gasteiger partial charge in [0, 0.05) is 25.9 Å². The van der Waals surface area contributed by atoms with Crippen LogP contribution in [-0.4, -0.2) is 41.5 Å². The van der Waals surface area contributed by atoms with E-state index in [4.69, 9.17) is 10.8 Å². The summed E-state index contributed by atoms with van der Waals surface area (Å²) in [6.07, 6.45) is 5.72. The second kappa shape index (κ2) is 8.95. The van der Waals surface area contributed by atoms with Crippen LogP contribution >= 0.6 is 0 Å². The van der Waals surface area contributed by atoms with Crippen LogP contribution in [0.3, 0.4) is 0 Å². The first-order valence-electron chi connectivity index (χ1n) is 7.76. The van der Waals surface area contributed by atoms with Crippen LogP contribution in [0.25, 0.3) is 0 Å². The molecule has 2 atom stereocenters. The van der Waals surface area contributed by atoms with Crippen molar-refractivity contribution < 1.29 is 14.7 Å². The Bertz CT molecular complexity index is 314. The van der Waals surface area contributed by atoms with Crippen molar-refractivity contribution in [2.24, 2.45) is 17.6 Å². The van der Waals surface area contributed by atoms with Crippen molar-refractivity contribution in [3.05, 3.63) is 0 Å². The van der Waals surface area contributed by atoms with E-state index in [0.717, 1.165) is 32.1 Å². The third kappa shape index (κ3) is 5.90. The number of carbonyl (C=O) groups is 2. The molecule has 0 aromatic rings. The van der Waals surface area contributed by atoms with Crippen LogP contribution in [0.5, 0.6) is 0 Å². The van der Waals surface area contributed by atoms with Crippen molar-refractivity contribution in [2.45, 2.75) is 51.9 Å². The fourth-order valence-corrected chi connectivity index (χ4v) is 3.04. The highest BCUT2D eigenvalue weighted by molar-refractivity contribution is 5.76. The fourth-order valence-electron chi connectivity index (χ4n) is 3.04. The summed E-state index contributed by atoms with van der Waals surface area (Å²) in [4.78, 5) is 24.6. The number of hydrogen-bond acceptors (Lipinski definition) is 3. The minimum absolute atomic E-state index is 0.131. The van der Waals surface area contributed by atoms with E-state index in [0.29, 0.717) is 32.0 Å². The molecule has 0 saturated carbocycles. The maximum atomic E-state index is 12.1. The third-order valence-corrected chi connectivity index (χ3v) is 4.14. The van der Waals surface area contributed by atoms with Gasteiger partial charge in [-0.3, -0.25) is 9.59 Å². The molecule has 0 aromatic heterocycles. The Hall–Kier alpha value is -1.10. The van der Waals surface area contributed by atoms with E-state index in [9.17, 15) is 9.59 Å². The summed E-state index contributed by atoms with van der Waals surface area (Å²) in [5, 5.41) is 8.78. The zero-order valence-corrected chi connectivity index (χ0v) is 12.5. The zero-order chi connectivity index (χ0) is 15.0. The molecule has 0 aliphatic carbocycles. The topological polar surface area (TPSA) is 83.6 Å². The van der Waals surface area contributed by atoms with Gasteiger partial charge in [-0.1, -0.05) is 19.8 Å². The van der Waals surface area contributed by atoms with E-state index in [1.807, 2.05) is 4.90 Å². The highest BCUT2D eigenvalue weighted by atomic mass is 16.4. The van der Waals surface area contributed by atoms with Crippen molar-refractivity contribution in [3.63, 3.8) is 0 Å². The molecule has 1 heterocycles. The highest BCUT2D eigenvalue weighted by Gasteiger charge is 2.27. The van der Waals surface area contributed by atoms with Crippen LogP contribution < -0.4 is 5.73 Å². The van der Waals surface area contributed by atoms with Gasteiger partial charge in [0.2, 0.25) is 5.91 Å². The number of nitrogens with zero attached hydrogens (tertiary/aromatic N) is 1. The monoisotopic (exact) mass is 284 g/mol. The largest absolute Gasteiger partial charge is 0.481 e. The predicted molar refractivity (Wildman–Crippen MR) is 78.2 cm³/mol. The number of hydrogen-bond donors (Lipinski definition) is 2. The predicted octanol–water partition coefficient (Wildman–Crippen LogP) is 1.85. The summed E-state index contributed by atoms with van der Waals surface area (Å²) < 4.78 is 0. The molecule has 3 N–H and O–H groups in total. The summed E-state index contributed by atoms with van der Waals surface area (Å²) in [7, 11) is 0. The number of amides is 1. The molecule has 0 spiro atoms. The smallest absolute Gasteiger partial charge is 0.303 e. The normalized spacial score (nSPS) is 20.1. The molecular weight excluding hydrogens is 256 g/mol. The van der Waals surface area contributed by atoms with Crippen LogP contribution in [0.15, 0.2) is 0 Å². The standard InChI is InChI=1S/C15H28N2O3/c1-2-3-12(6-8-16)4-5-14(18)17-9-7-13(11-17)10-15(19)20/h12-13H,2-11,16H2,1H3,(H,19,20). The number of carboxylic acid groups (broad SMARTS) is 1. The van der Waals surface area contributed by atoms with Gasteiger partial charge in [0.25, 0.3) is 0 Å². The average molecular weight is 284 g/mol. The van der Waals surface area contributed by atoms with Crippen molar-refractivity contribution in [1.82, 2.24) is 4.90 Å². The molecule has 1 fully saturated rings. The van der Waals surface area contributed by atoms with Crippen molar-refractivity contribution in [1.29, 1.82) is 0 Å². The molecule has 1 amide bonds. The van der Waals surface area contributed by atoms with Gasteiger partial charge >= 0.3 is 5.97 Å². The second-order valence-corrected chi connectivity index (χ2v) is 5.86. The maximum Gasteiger partial charge on any atom is 0.303 e. The minimum atomic E-state index is -0.768. The van der Waals surface area contributed by atoms with Crippen molar-refractivity contribution in [3.8, 4) is 0 Å². The molecule has 5 heteroatoms. The van der Waals surface area contributed by atoms with E-state index in [2.05, 4.69) is 6.92 Å². The number of carboxylic acids is 1. The van der Waals surface area contributed by atoms with Gasteiger partial charge in [-0.05, 0) is 37.6 Å². The summed E-state index contributed by atoms with van der Waals surface area (Å²) >= 11 is 0. The first-order valence-corrected chi connectivity index (χ1v) is 7.76. The van der Waals surface area contributed by atoms with Crippen LogP contribution in [0.4, 0.5) is 0 Å². The van der Waals surface area contributed by atoms with Gasteiger partial charge in [-0.25, -0.2) is 0 Å². The average Bonchev–Trinajstić information content (AvgIpc) is 2.83. The molecule has 5 nitrogen and oxygen atoms in total. The molecule has 0 bridgehead atoms. The van der Waals surface area contributed by atoms with E-state index in [1.165, 1.54) is 0 Å². The number of likely N-dealkylation sites (tertiary alicyclic amines) is 1. The van der Waals surface area contributed by atoms with Gasteiger partial charge < -0.3 is 15.7 Å². The zero-order valence-electron chi connectivity index (χ0n) is 12.5. The lowest BCUT2D eigenvalue weighted by Gasteiger charge is -2.19. The van der Waals surface area contributed by atoms with Gasteiger partial charge in [0.1, 0.15) is 0 Å². The lowest BCUT2D eigenvalue weighted by molar-refractivity contribution is -0.138. The van der Waals surface area contributed by atoms with Crippen LogP contribution in [0.2, 0.25) is 0 Å². The summed E-state index contributed by atoms with van der Waals surface area (Å²) in [6.45, 7) is 4.16. The van der Waals surface area contributed by atoms with E-state index in [1.54, 1.807) is 0 Å². The molecule has 1 aliphatic rings. The molecule has 20 heavy (non-hydrogen) atoms. The number of nitrogens with two attached hydrogens (primary N) is 1. The lowest BCUT2D eigenvalue weighted by atomic mass is 9.94. The van der Waals surface area contributed by atoms with Gasteiger partial charge in [0.15, 0.2) is 0 Å². The first kappa shape index (κ1) is 17.0. The number of carbonyl (C=O) groups excluding carboxylic acids is 1. The fraction of sp³-hybridized carbons (Fsp3) is 0.867. The Kier molecular flexibility index (Phi) is 7.59. The van der Waals surface area contributed by atoms with Crippen molar-refractivity contribution >= 4 is 11.9 Å². The molecule has 1 saturated heterocycles. The Labute approximate surface area is 121 Å². The SMILES string of the molecule is CCCC(CCN)CCC(=O)N1CCC(CC(=O)O)C1. The molecule has 2 unspecified atom stereocenters. The molecule has 1 aliphatic heterocycles. The first-order chi connectivity index (χ1) is 9.56.